The van der Waals surface area contributed by atoms with Crippen molar-refractivity contribution in [3.8, 4) is 0 Å². The van der Waals surface area contributed by atoms with Crippen molar-refractivity contribution in [3.05, 3.63) is 29.3 Å². The van der Waals surface area contributed by atoms with E-state index < -0.39 is 11.7 Å². The molecular weight excluding hydrogens is 347 g/mol. The van der Waals surface area contributed by atoms with E-state index in [-0.39, 0.29) is 30.0 Å². The van der Waals surface area contributed by atoms with Crippen LogP contribution in [-0.2, 0) is 22.3 Å². The van der Waals surface area contributed by atoms with Crippen LogP contribution in [0.25, 0.3) is 0 Å². The van der Waals surface area contributed by atoms with Gasteiger partial charge in [0.2, 0.25) is 5.91 Å². The van der Waals surface area contributed by atoms with Gasteiger partial charge in [-0.05, 0) is 30.5 Å². The smallest absolute Gasteiger partial charge is 0.378 e. The number of morpholine rings is 1. The number of nitrogens with zero attached hydrogens (tertiary/aromatic N) is 1. The second kappa shape index (κ2) is 7.84. The number of benzene rings is 1. The van der Waals surface area contributed by atoms with E-state index in [1.165, 1.54) is 6.07 Å². The summed E-state index contributed by atoms with van der Waals surface area (Å²) in [5.74, 6) is -0.572. The van der Waals surface area contributed by atoms with E-state index in [0.29, 0.717) is 38.4 Å². The predicted octanol–water partition coefficient (Wildman–Crippen LogP) is 2.29. The second-order valence-electron chi connectivity index (χ2n) is 6.86. The quantitative estimate of drug-likeness (QED) is 0.852. The van der Waals surface area contributed by atoms with Gasteiger partial charge in [-0.25, -0.2) is 0 Å². The number of carbonyl (C=O) groups is 1. The van der Waals surface area contributed by atoms with Gasteiger partial charge in [0.15, 0.2) is 0 Å². The first kappa shape index (κ1) is 19.0. The summed E-state index contributed by atoms with van der Waals surface area (Å²) in [6.07, 6.45) is -2.14. The standard InChI is InChI=1S/C18H24F3N3O2/c19-18(20,21)15-10-13(24-6-8-26-9-7-24)5-4-12(15)11-23-17(25)14-2-1-3-16(14)22/h4-5,10,14,16H,1-3,6-9,11,22H2,(H,23,25)/t14-,16-/m0/s1. The largest absolute Gasteiger partial charge is 0.416 e. The Balaban J connectivity index is 1.74. The molecule has 0 spiro atoms. The van der Waals surface area contributed by atoms with Crippen LogP contribution in [0.3, 0.4) is 0 Å². The Hall–Kier alpha value is -1.80. The minimum absolute atomic E-state index is 0.0643. The Kier molecular flexibility index (Phi) is 5.72. The predicted molar refractivity (Wildman–Crippen MR) is 91.6 cm³/mol. The maximum absolute atomic E-state index is 13.5. The lowest BCUT2D eigenvalue weighted by Crippen LogP contribution is -2.38. The fourth-order valence-corrected chi connectivity index (χ4v) is 3.63. The van der Waals surface area contributed by atoms with Crippen molar-refractivity contribution in [3.63, 3.8) is 0 Å². The molecule has 0 bridgehead atoms. The van der Waals surface area contributed by atoms with Gasteiger partial charge < -0.3 is 20.7 Å². The van der Waals surface area contributed by atoms with Crippen LogP contribution in [0, 0.1) is 5.92 Å². The molecule has 144 valence electrons. The van der Waals surface area contributed by atoms with Crippen LogP contribution in [0.1, 0.15) is 30.4 Å². The van der Waals surface area contributed by atoms with Crippen molar-refractivity contribution in [2.45, 2.75) is 38.0 Å². The van der Waals surface area contributed by atoms with Crippen molar-refractivity contribution in [2.75, 3.05) is 31.2 Å². The monoisotopic (exact) mass is 371 g/mol. The number of amides is 1. The summed E-state index contributed by atoms with van der Waals surface area (Å²) in [6.45, 7) is 1.97. The van der Waals surface area contributed by atoms with Gasteiger partial charge in [0.1, 0.15) is 0 Å². The molecule has 1 amide bonds. The number of ether oxygens (including phenoxy) is 1. The van der Waals surface area contributed by atoms with E-state index in [9.17, 15) is 18.0 Å². The number of halogens is 3. The minimum atomic E-state index is -4.48. The lowest BCUT2D eigenvalue weighted by atomic mass is 10.0. The van der Waals surface area contributed by atoms with E-state index in [1.54, 1.807) is 6.07 Å². The number of rotatable bonds is 4. The van der Waals surface area contributed by atoms with Gasteiger partial charge in [-0.1, -0.05) is 12.5 Å². The van der Waals surface area contributed by atoms with Gasteiger partial charge in [-0.15, -0.1) is 0 Å². The molecule has 1 saturated heterocycles. The Bertz CT molecular complexity index is 645. The highest BCUT2D eigenvalue weighted by molar-refractivity contribution is 5.79. The third-order valence-electron chi connectivity index (χ3n) is 5.13. The average molecular weight is 371 g/mol. The molecule has 0 aromatic heterocycles. The maximum Gasteiger partial charge on any atom is 0.416 e. The SMILES string of the molecule is N[C@H]1CCC[C@@H]1C(=O)NCc1ccc(N2CCOCC2)cc1C(F)(F)F. The fraction of sp³-hybridized carbons (Fsp3) is 0.611. The average Bonchev–Trinajstić information content (AvgIpc) is 3.05. The number of carbonyl (C=O) groups excluding carboxylic acids is 1. The van der Waals surface area contributed by atoms with E-state index in [2.05, 4.69) is 5.32 Å². The van der Waals surface area contributed by atoms with E-state index in [4.69, 9.17) is 10.5 Å². The van der Waals surface area contributed by atoms with Gasteiger partial charge in [-0.3, -0.25) is 4.79 Å². The van der Waals surface area contributed by atoms with Gasteiger partial charge >= 0.3 is 6.18 Å². The third kappa shape index (κ3) is 4.29. The zero-order chi connectivity index (χ0) is 18.7. The fourth-order valence-electron chi connectivity index (χ4n) is 3.63. The number of anilines is 1. The molecule has 5 nitrogen and oxygen atoms in total. The molecule has 2 fully saturated rings. The van der Waals surface area contributed by atoms with Crippen molar-refractivity contribution >= 4 is 11.6 Å². The van der Waals surface area contributed by atoms with Crippen molar-refractivity contribution in [1.29, 1.82) is 0 Å². The molecule has 26 heavy (non-hydrogen) atoms. The lowest BCUT2D eigenvalue weighted by molar-refractivity contribution is -0.138. The minimum Gasteiger partial charge on any atom is -0.378 e. The first-order chi connectivity index (χ1) is 12.4. The highest BCUT2D eigenvalue weighted by atomic mass is 19.4. The molecular formula is C18H24F3N3O2. The molecule has 1 aliphatic heterocycles. The van der Waals surface area contributed by atoms with E-state index >= 15 is 0 Å². The van der Waals surface area contributed by atoms with E-state index in [0.717, 1.165) is 18.9 Å². The van der Waals surface area contributed by atoms with Crippen LogP contribution in [0.4, 0.5) is 18.9 Å². The summed E-state index contributed by atoms with van der Waals surface area (Å²) in [7, 11) is 0. The number of alkyl halides is 3. The second-order valence-corrected chi connectivity index (χ2v) is 6.86. The summed E-state index contributed by atoms with van der Waals surface area (Å²) in [5, 5.41) is 2.63. The molecule has 8 heteroatoms. The van der Waals surface area contributed by atoms with Crippen molar-refractivity contribution in [2.24, 2.45) is 11.7 Å². The molecule has 3 rings (SSSR count). The zero-order valence-electron chi connectivity index (χ0n) is 14.5. The Morgan fingerprint density at radius 2 is 2.00 bits per heavy atom. The number of nitrogens with one attached hydrogen (secondary N) is 1. The van der Waals surface area contributed by atoms with Gasteiger partial charge in [-0.2, -0.15) is 13.2 Å². The summed E-state index contributed by atoms with van der Waals surface area (Å²) < 4.78 is 45.8. The molecule has 1 aromatic rings. The van der Waals surface area contributed by atoms with Crippen LogP contribution in [0.2, 0.25) is 0 Å². The molecule has 3 N–H and O–H groups in total. The zero-order valence-corrected chi connectivity index (χ0v) is 14.5. The first-order valence-electron chi connectivity index (χ1n) is 8.92. The molecule has 2 aliphatic rings. The van der Waals surface area contributed by atoms with Crippen LogP contribution in [0.5, 0.6) is 0 Å². The highest BCUT2D eigenvalue weighted by Gasteiger charge is 2.35. The molecule has 1 saturated carbocycles. The van der Waals surface area contributed by atoms with Crippen LogP contribution in [-0.4, -0.2) is 38.3 Å². The summed E-state index contributed by atoms with van der Waals surface area (Å²) >= 11 is 0. The Morgan fingerprint density at radius 3 is 2.62 bits per heavy atom. The normalized spacial score (nSPS) is 23.9. The van der Waals surface area contributed by atoms with Crippen LogP contribution >= 0.6 is 0 Å². The van der Waals surface area contributed by atoms with Gasteiger partial charge in [0, 0.05) is 31.4 Å². The number of nitrogens with two attached hydrogens (primary N) is 1. The first-order valence-corrected chi connectivity index (χ1v) is 8.92. The molecule has 1 aromatic carbocycles. The van der Waals surface area contributed by atoms with Crippen molar-refractivity contribution < 1.29 is 22.7 Å². The van der Waals surface area contributed by atoms with Gasteiger partial charge in [0.05, 0.1) is 24.7 Å². The summed E-state index contributed by atoms with van der Waals surface area (Å²) in [4.78, 5) is 14.1. The lowest BCUT2D eigenvalue weighted by Gasteiger charge is -2.29. The number of hydrogen-bond acceptors (Lipinski definition) is 4. The maximum atomic E-state index is 13.5. The van der Waals surface area contributed by atoms with E-state index in [1.807, 2.05) is 4.90 Å². The van der Waals surface area contributed by atoms with Crippen molar-refractivity contribution in [1.82, 2.24) is 5.32 Å². The molecule has 0 radical (unpaired) electrons. The summed E-state index contributed by atoms with van der Waals surface area (Å²) in [5.41, 5.74) is 5.77. The molecule has 1 heterocycles. The number of hydrogen-bond donors (Lipinski definition) is 2. The third-order valence-corrected chi connectivity index (χ3v) is 5.13. The molecule has 2 atom stereocenters. The Morgan fingerprint density at radius 1 is 1.27 bits per heavy atom. The highest BCUT2D eigenvalue weighted by Crippen LogP contribution is 2.35. The van der Waals surface area contributed by atoms with Crippen LogP contribution < -0.4 is 16.0 Å². The topological polar surface area (TPSA) is 67.6 Å². The van der Waals surface area contributed by atoms with Gasteiger partial charge in [0.25, 0.3) is 0 Å². The van der Waals surface area contributed by atoms with Crippen LogP contribution in [0.15, 0.2) is 18.2 Å². The molecule has 0 unspecified atom stereocenters. The Labute approximate surface area is 150 Å². The summed E-state index contributed by atoms with van der Waals surface area (Å²) in [6, 6.07) is 4.07. The molecule has 1 aliphatic carbocycles.